The molecule has 1 aromatic carbocycles. The molecule has 0 unspecified atom stereocenters. The molecule has 0 radical (unpaired) electrons. The number of aromatic nitrogens is 2. The molecule has 1 aromatic heterocycles. The summed E-state index contributed by atoms with van der Waals surface area (Å²) < 4.78 is 7.57. The molecule has 128 valence electrons. The summed E-state index contributed by atoms with van der Waals surface area (Å²) in [6.45, 7) is 4.27. The van der Waals surface area contributed by atoms with E-state index in [2.05, 4.69) is 30.3 Å². The van der Waals surface area contributed by atoms with Gasteiger partial charge in [0.15, 0.2) is 6.61 Å². The highest BCUT2D eigenvalue weighted by Gasteiger charge is 2.20. The third kappa shape index (κ3) is 3.96. The van der Waals surface area contributed by atoms with Crippen LogP contribution in [0.25, 0.3) is 0 Å². The van der Waals surface area contributed by atoms with Crippen LogP contribution in [0.3, 0.4) is 0 Å². The fourth-order valence-electron chi connectivity index (χ4n) is 3.14. The number of amides is 1. The highest BCUT2D eigenvalue weighted by molar-refractivity contribution is 5.91. The summed E-state index contributed by atoms with van der Waals surface area (Å²) in [6, 6.07) is 10.1. The van der Waals surface area contributed by atoms with Crippen LogP contribution in [-0.4, -0.2) is 22.3 Å². The van der Waals surface area contributed by atoms with E-state index in [1.54, 1.807) is 6.20 Å². The van der Waals surface area contributed by atoms with E-state index in [1.807, 2.05) is 28.9 Å². The lowest BCUT2D eigenvalue weighted by atomic mass is 10.0. The molecule has 3 rings (SSSR count). The van der Waals surface area contributed by atoms with Gasteiger partial charge in [0.1, 0.15) is 11.6 Å². The second kappa shape index (κ2) is 7.51. The highest BCUT2D eigenvalue weighted by atomic mass is 16.5. The average molecular weight is 327 g/mol. The van der Waals surface area contributed by atoms with Crippen LogP contribution in [0.1, 0.15) is 57.1 Å². The van der Waals surface area contributed by atoms with E-state index >= 15 is 0 Å². The topological polar surface area (TPSA) is 56.1 Å². The summed E-state index contributed by atoms with van der Waals surface area (Å²) in [5.41, 5.74) is 1.20. The van der Waals surface area contributed by atoms with Crippen LogP contribution in [0.5, 0.6) is 5.75 Å². The molecule has 1 heterocycles. The minimum Gasteiger partial charge on any atom is -0.484 e. The molecule has 1 aliphatic carbocycles. The molecular weight excluding hydrogens is 302 g/mol. The van der Waals surface area contributed by atoms with E-state index in [4.69, 9.17) is 4.74 Å². The minimum absolute atomic E-state index is 0.00258. The first-order valence-corrected chi connectivity index (χ1v) is 8.69. The monoisotopic (exact) mass is 327 g/mol. The molecule has 1 saturated carbocycles. The summed E-state index contributed by atoms with van der Waals surface area (Å²) in [5, 5.41) is 7.27. The van der Waals surface area contributed by atoms with Crippen LogP contribution in [0.4, 0.5) is 5.82 Å². The molecule has 1 amide bonds. The largest absolute Gasteiger partial charge is 0.484 e. The molecule has 5 nitrogen and oxygen atoms in total. The maximum atomic E-state index is 12.2. The van der Waals surface area contributed by atoms with E-state index < -0.39 is 0 Å². The van der Waals surface area contributed by atoms with Crippen molar-refractivity contribution in [2.24, 2.45) is 0 Å². The normalized spacial score (nSPS) is 15.0. The Morgan fingerprint density at radius 2 is 2.12 bits per heavy atom. The van der Waals surface area contributed by atoms with Crippen LogP contribution < -0.4 is 10.1 Å². The zero-order chi connectivity index (χ0) is 16.9. The van der Waals surface area contributed by atoms with Gasteiger partial charge in [0, 0.05) is 6.07 Å². The molecule has 0 saturated heterocycles. The number of benzene rings is 1. The predicted octanol–water partition coefficient (Wildman–Crippen LogP) is 4.14. The van der Waals surface area contributed by atoms with Gasteiger partial charge in [-0.1, -0.05) is 38.8 Å². The molecule has 24 heavy (non-hydrogen) atoms. The van der Waals surface area contributed by atoms with E-state index in [1.165, 1.54) is 18.4 Å². The minimum atomic E-state index is -0.162. The van der Waals surface area contributed by atoms with Gasteiger partial charge in [-0.25, -0.2) is 4.68 Å². The van der Waals surface area contributed by atoms with Crippen molar-refractivity contribution in [3.8, 4) is 5.75 Å². The first-order valence-electron chi connectivity index (χ1n) is 8.69. The van der Waals surface area contributed by atoms with Gasteiger partial charge in [-0.15, -0.1) is 0 Å². The van der Waals surface area contributed by atoms with Crippen LogP contribution in [-0.2, 0) is 4.79 Å². The molecule has 2 aromatic rings. The SMILES string of the molecule is CC(C)c1cccc(OCC(=O)Nc2ccnn2C2CCCC2)c1. The summed E-state index contributed by atoms with van der Waals surface area (Å²) >= 11 is 0. The first kappa shape index (κ1) is 16.6. The number of carbonyl (C=O) groups excluding carboxylic acids is 1. The van der Waals surface area contributed by atoms with Gasteiger partial charge in [0.2, 0.25) is 0 Å². The first-order chi connectivity index (χ1) is 11.6. The number of nitrogens with zero attached hydrogens (tertiary/aromatic N) is 2. The van der Waals surface area contributed by atoms with Gasteiger partial charge < -0.3 is 10.1 Å². The third-order valence-electron chi connectivity index (χ3n) is 4.50. The summed E-state index contributed by atoms with van der Waals surface area (Å²) in [5.74, 6) is 1.75. The number of rotatable bonds is 6. The maximum Gasteiger partial charge on any atom is 0.263 e. The van der Waals surface area contributed by atoms with E-state index in [-0.39, 0.29) is 12.5 Å². The number of anilines is 1. The lowest BCUT2D eigenvalue weighted by Crippen LogP contribution is -2.23. The van der Waals surface area contributed by atoms with Crippen molar-refractivity contribution in [2.75, 3.05) is 11.9 Å². The Labute approximate surface area is 143 Å². The molecule has 1 N–H and O–H groups in total. The Bertz CT molecular complexity index is 687. The Kier molecular flexibility index (Phi) is 5.18. The fourth-order valence-corrected chi connectivity index (χ4v) is 3.14. The third-order valence-corrected chi connectivity index (χ3v) is 4.50. The van der Waals surface area contributed by atoms with Gasteiger partial charge in [-0.05, 0) is 36.5 Å². The van der Waals surface area contributed by atoms with Gasteiger partial charge in [-0.2, -0.15) is 5.10 Å². The standard InChI is InChI=1S/C19H25N3O2/c1-14(2)15-6-5-9-17(12-15)24-13-19(23)21-18-10-11-20-22(18)16-7-3-4-8-16/h5-6,9-12,14,16H,3-4,7-8,13H2,1-2H3,(H,21,23). The Hall–Kier alpha value is -2.30. The van der Waals surface area contributed by atoms with Gasteiger partial charge in [0.25, 0.3) is 5.91 Å². The quantitative estimate of drug-likeness (QED) is 0.867. The van der Waals surface area contributed by atoms with E-state index in [0.717, 1.165) is 24.4 Å². The Balaban J connectivity index is 1.56. The summed E-state index contributed by atoms with van der Waals surface area (Å²) in [7, 11) is 0. The average Bonchev–Trinajstić information content (AvgIpc) is 3.24. The van der Waals surface area contributed by atoms with Crippen LogP contribution >= 0.6 is 0 Å². The van der Waals surface area contributed by atoms with Crippen molar-refractivity contribution in [3.63, 3.8) is 0 Å². The van der Waals surface area contributed by atoms with Crippen LogP contribution in [0.15, 0.2) is 36.5 Å². The molecule has 0 atom stereocenters. The maximum absolute atomic E-state index is 12.2. The summed E-state index contributed by atoms with van der Waals surface area (Å²) in [6.07, 6.45) is 6.45. The second-order valence-corrected chi connectivity index (χ2v) is 6.66. The zero-order valence-electron chi connectivity index (χ0n) is 14.4. The Morgan fingerprint density at radius 3 is 2.88 bits per heavy atom. The summed E-state index contributed by atoms with van der Waals surface area (Å²) in [4.78, 5) is 12.2. The van der Waals surface area contributed by atoms with Crippen molar-refractivity contribution < 1.29 is 9.53 Å². The van der Waals surface area contributed by atoms with E-state index in [0.29, 0.717) is 12.0 Å². The van der Waals surface area contributed by atoms with Crippen molar-refractivity contribution in [2.45, 2.75) is 51.5 Å². The molecule has 5 heteroatoms. The highest BCUT2D eigenvalue weighted by Crippen LogP contribution is 2.31. The van der Waals surface area contributed by atoms with Crippen molar-refractivity contribution in [3.05, 3.63) is 42.1 Å². The predicted molar refractivity (Wildman–Crippen MR) is 94.4 cm³/mol. The fraction of sp³-hybridized carbons (Fsp3) is 0.474. The zero-order valence-corrected chi connectivity index (χ0v) is 14.4. The smallest absolute Gasteiger partial charge is 0.263 e. The number of carbonyl (C=O) groups is 1. The number of hydrogen-bond donors (Lipinski definition) is 1. The molecule has 0 aliphatic heterocycles. The number of nitrogens with one attached hydrogen (secondary N) is 1. The Morgan fingerprint density at radius 1 is 1.33 bits per heavy atom. The number of ether oxygens (including phenoxy) is 1. The van der Waals surface area contributed by atoms with Gasteiger partial charge >= 0.3 is 0 Å². The number of hydrogen-bond acceptors (Lipinski definition) is 3. The molecule has 1 fully saturated rings. The van der Waals surface area contributed by atoms with Crippen LogP contribution in [0, 0.1) is 0 Å². The van der Waals surface area contributed by atoms with Crippen molar-refractivity contribution in [1.29, 1.82) is 0 Å². The molecular formula is C19H25N3O2. The van der Waals surface area contributed by atoms with E-state index in [9.17, 15) is 4.79 Å². The van der Waals surface area contributed by atoms with Crippen molar-refractivity contribution >= 4 is 11.7 Å². The lowest BCUT2D eigenvalue weighted by Gasteiger charge is -2.15. The van der Waals surface area contributed by atoms with Crippen LogP contribution in [0.2, 0.25) is 0 Å². The second-order valence-electron chi connectivity index (χ2n) is 6.66. The van der Waals surface area contributed by atoms with Gasteiger partial charge in [0.05, 0.1) is 12.2 Å². The molecule has 0 spiro atoms. The molecule has 1 aliphatic rings. The van der Waals surface area contributed by atoms with Crippen molar-refractivity contribution in [1.82, 2.24) is 9.78 Å². The van der Waals surface area contributed by atoms with Gasteiger partial charge in [-0.3, -0.25) is 4.79 Å². The lowest BCUT2D eigenvalue weighted by molar-refractivity contribution is -0.118. The molecule has 0 bridgehead atoms.